The predicted octanol–water partition coefficient (Wildman–Crippen LogP) is 4.16. The van der Waals surface area contributed by atoms with Crippen LogP contribution in [0.4, 0.5) is 0 Å². The largest absolute Gasteiger partial charge is 0.481 e. The molecule has 0 saturated carbocycles. The molecule has 0 spiro atoms. The van der Waals surface area contributed by atoms with E-state index in [0.717, 1.165) is 31.4 Å². The summed E-state index contributed by atoms with van der Waals surface area (Å²) < 4.78 is 5.99. The van der Waals surface area contributed by atoms with Crippen LogP contribution in [0.15, 0.2) is 18.2 Å². The van der Waals surface area contributed by atoms with Crippen molar-refractivity contribution in [3.8, 4) is 0 Å². The van der Waals surface area contributed by atoms with Crippen molar-refractivity contribution in [2.45, 2.75) is 58.0 Å². The number of carboxylic acids is 1. The highest BCUT2D eigenvalue weighted by molar-refractivity contribution is 5.88. The molecule has 1 unspecified atom stereocenters. The van der Waals surface area contributed by atoms with Crippen LogP contribution in [-0.4, -0.2) is 22.7 Å². The lowest BCUT2D eigenvalue weighted by molar-refractivity contribution is -0.148. The zero-order valence-corrected chi connectivity index (χ0v) is 13.9. The van der Waals surface area contributed by atoms with Crippen molar-refractivity contribution in [2.75, 3.05) is 6.61 Å². The first-order chi connectivity index (χ1) is 11.1. The molecule has 0 fully saturated rings. The topological polar surface area (TPSA) is 62.3 Å². The van der Waals surface area contributed by atoms with Gasteiger partial charge in [0.25, 0.3) is 0 Å². The van der Waals surface area contributed by atoms with Crippen molar-refractivity contribution in [3.05, 3.63) is 35.0 Å². The molecule has 4 nitrogen and oxygen atoms in total. The maximum Gasteiger partial charge on any atom is 0.306 e. The van der Waals surface area contributed by atoms with Crippen LogP contribution in [-0.2, 0) is 28.0 Å². The molecule has 0 saturated heterocycles. The van der Waals surface area contributed by atoms with Crippen molar-refractivity contribution in [1.82, 2.24) is 4.98 Å². The number of hydrogen-bond acceptors (Lipinski definition) is 2. The molecule has 1 aromatic carbocycles. The third-order valence-electron chi connectivity index (χ3n) is 5.02. The third-order valence-corrected chi connectivity index (χ3v) is 5.02. The Morgan fingerprint density at radius 2 is 2.22 bits per heavy atom. The second-order valence-electron chi connectivity index (χ2n) is 6.44. The smallest absolute Gasteiger partial charge is 0.306 e. The highest BCUT2D eigenvalue weighted by atomic mass is 16.5. The number of H-pyrrole nitrogens is 1. The van der Waals surface area contributed by atoms with Crippen LogP contribution in [0.1, 0.15) is 56.4 Å². The Labute approximate surface area is 136 Å². The van der Waals surface area contributed by atoms with E-state index in [1.807, 2.05) is 6.92 Å². The number of benzene rings is 1. The molecule has 0 aliphatic carbocycles. The zero-order valence-electron chi connectivity index (χ0n) is 13.9. The number of para-hydroxylation sites is 1. The number of nitrogens with one attached hydrogen (secondary N) is 1. The Morgan fingerprint density at radius 1 is 1.39 bits per heavy atom. The molecule has 1 aromatic heterocycles. The van der Waals surface area contributed by atoms with Crippen LogP contribution in [0.2, 0.25) is 0 Å². The monoisotopic (exact) mass is 315 g/mol. The Morgan fingerprint density at radius 3 is 2.91 bits per heavy atom. The van der Waals surface area contributed by atoms with E-state index in [1.165, 1.54) is 22.0 Å². The molecule has 2 aromatic rings. The molecule has 0 radical (unpaired) electrons. The lowest BCUT2D eigenvalue weighted by Gasteiger charge is -2.35. The van der Waals surface area contributed by atoms with Crippen molar-refractivity contribution in [3.63, 3.8) is 0 Å². The highest BCUT2D eigenvalue weighted by Crippen LogP contribution is 2.42. The van der Waals surface area contributed by atoms with E-state index in [4.69, 9.17) is 4.74 Å². The second kappa shape index (κ2) is 6.36. The maximum absolute atomic E-state index is 11.4. The summed E-state index contributed by atoms with van der Waals surface area (Å²) in [6.45, 7) is 4.78. The number of aromatic amines is 1. The van der Waals surface area contributed by atoms with Crippen molar-refractivity contribution in [2.24, 2.45) is 0 Å². The van der Waals surface area contributed by atoms with Gasteiger partial charge in [0, 0.05) is 10.9 Å². The van der Waals surface area contributed by atoms with E-state index >= 15 is 0 Å². The summed E-state index contributed by atoms with van der Waals surface area (Å²) in [6.07, 6.45) is 4.88. The van der Waals surface area contributed by atoms with Crippen molar-refractivity contribution in [1.29, 1.82) is 0 Å². The van der Waals surface area contributed by atoms with Gasteiger partial charge < -0.3 is 14.8 Å². The van der Waals surface area contributed by atoms with Crippen LogP contribution >= 0.6 is 0 Å². The lowest BCUT2D eigenvalue weighted by atomic mass is 9.86. The number of ether oxygens (including phenoxy) is 1. The second-order valence-corrected chi connectivity index (χ2v) is 6.44. The van der Waals surface area contributed by atoms with Gasteiger partial charge in [-0.1, -0.05) is 38.5 Å². The normalized spacial score (nSPS) is 20.6. The maximum atomic E-state index is 11.4. The van der Waals surface area contributed by atoms with Crippen LogP contribution < -0.4 is 0 Å². The summed E-state index contributed by atoms with van der Waals surface area (Å²) in [5.41, 5.74) is 3.99. The first kappa shape index (κ1) is 16.1. The van der Waals surface area contributed by atoms with Gasteiger partial charge in [0.05, 0.1) is 18.7 Å². The van der Waals surface area contributed by atoms with Crippen LogP contribution in [0.25, 0.3) is 10.9 Å². The molecule has 1 atom stereocenters. The minimum absolute atomic E-state index is 0.00755. The standard InChI is InChI=1S/C19H25NO3/c1-3-5-7-13-8-6-9-14-15-10-11-23-19(4-2,12-16(21)22)18(15)20-17(13)14/h6,8-9,20H,3-5,7,10-12H2,1-2H3,(H,21,22). The van der Waals surface area contributed by atoms with Crippen molar-refractivity contribution < 1.29 is 14.6 Å². The van der Waals surface area contributed by atoms with E-state index in [1.54, 1.807) is 0 Å². The van der Waals surface area contributed by atoms with Crippen LogP contribution in [0, 0.1) is 0 Å². The van der Waals surface area contributed by atoms with Gasteiger partial charge in [-0.05, 0) is 36.8 Å². The molecule has 1 aliphatic heterocycles. The molecule has 2 heterocycles. The van der Waals surface area contributed by atoms with E-state index < -0.39 is 11.6 Å². The fraction of sp³-hybridized carbons (Fsp3) is 0.526. The molecule has 124 valence electrons. The molecule has 1 aliphatic rings. The highest BCUT2D eigenvalue weighted by Gasteiger charge is 2.40. The first-order valence-corrected chi connectivity index (χ1v) is 8.60. The molecular weight excluding hydrogens is 290 g/mol. The summed E-state index contributed by atoms with van der Waals surface area (Å²) in [6, 6.07) is 6.43. The average Bonchev–Trinajstić information content (AvgIpc) is 2.93. The van der Waals surface area contributed by atoms with Crippen LogP contribution in [0.3, 0.4) is 0 Å². The molecule has 3 rings (SSSR count). The number of aromatic nitrogens is 1. The van der Waals surface area contributed by atoms with Crippen molar-refractivity contribution >= 4 is 16.9 Å². The zero-order chi connectivity index (χ0) is 16.4. The average molecular weight is 315 g/mol. The Kier molecular flexibility index (Phi) is 4.44. The fourth-order valence-corrected chi connectivity index (χ4v) is 3.77. The number of rotatable bonds is 6. The van der Waals surface area contributed by atoms with Gasteiger partial charge in [0.15, 0.2) is 0 Å². The summed E-state index contributed by atoms with van der Waals surface area (Å²) in [5.74, 6) is -0.815. The number of aliphatic carboxylic acids is 1. The molecular formula is C19H25NO3. The van der Waals surface area contributed by atoms with Gasteiger partial charge in [0.1, 0.15) is 5.60 Å². The first-order valence-electron chi connectivity index (χ1n) is 8.60. The number of unbranched alkanes of at least 4 members (excludes halogenated alkanes) is 1. The summed E-state index contributed by atoms with van der Waals surface area (Å²) in [5, 5.41) is 10.6. The minimum Gasteiger partial charge on any atom is -0.481 e. The molecule has 23 heavy (non-hydrogen) atoms. The number of fused-ring (bicyclic) bond motifs is 3. The van der Waals surface area contributed by atoms with Gasteiger partial charge in [-0.15, -0.1) is 0 Å². The Balaban J connectivity index is 2.14. The van der Waals surface area contributed by atoms with Crippen LogP contribution in [0.5, 0.6) is 0 Å². The third kappa shape index (κ3) is 2.76. The SMILES string of the molecule is CCCCc1cccc2c3c([nH]c12)C(CC)(CC(=O)O)OCC3. The fourth-order valence-electron chi connectivity index (χ4n) is 3.77. The summed E-state index contributed by atoms with van der Waals surface area (Å²) in [7, 11) is 0. The molecule has 2 N–H and O–H groups in total. The lowest BCUT2D eigenvalue weighted by Crippen LogP contribution is -2.37. The predicted molar refractivity (Wildman–Crippen MR) is 90.8 cm³/mol. The van der Waals surface area contributed by atoms with Gasteiger partial charge in [0.2, 0.25) is 0 Å². The number of carboxylic acid groups (broad SMARTS) is 1. The summed E-state index contributed by atoms with van der Waals surface area (Å²) >= 11 is 0. The Hall–Kier alpha value is -1.81. The number of carbonyl (C=O) groups is 1. The van der Waals surface area contributed by atoms with Gasteiger partial charge in [-0.2, -0.15) is 0 Å². The minimum atomic E-state index is -0.815. The molecule has 0 amide bonds. The van der Waals surface area contributed by atoms with E-state index in [0.29, 0.717) is 13.0 Å². The van der Waals surface area contributed by atoms with Gasteiger partial charge >= 0.3 is 5.97 Å². The number of aryl methyl sites for hydroxylation is 1. The van der Waals surface area contributed by atoms with E-state index in [9.17, 15) is 9.90 Å². The van der Waals surface area contributed by atoms with Gasteiger partial charge in [-0.3, -0.25) is 4.79 Å². The molecule has 0 bridgehead atoms. The quantitative estimate of drug-likeness (QED) is 0.841. The molecule has 4 heteroatoms. The van der Waals surface area contributed by atoms with E-state index in [2.05, 4.69) is 30.1 Å². The number of hydrogen-bond donors (Lipinski definition) is 2. The Bertz CT molecular complexity index is 719. The summed E-state index contributed by atoms with van der Waals surface area (Å²) in [4.78, 5) is 14.9. The van der Waals surface area contributed by atoms with E-state index in [-0.39, 0.29) is 6.42 Å². The van der Waals surface area contributed by atoms with Gasteiger partial charge in [-0.25, -0.2) is 0 Å².